The Morgan fingerprint density at radius 1 is 1.57 bits per heavy atom. The summed E-state index contributed by atoms with van der Waals surface area (Å²) in [7, 11) is 3.75. The summed E-state index contributed by atoms with van der Waals surface area (Å²) in [6.07, 6.45) is 0. The van der Waals surface area contributed by atoms with Gasteiger partial charge < -0.3 is 0 Å². The monoisotopic (exact) mass is 105 g/mol. The first-order valence-corrected chi connectivity index (χ1v) is 2.36. The van der Waals surface area contributed by atoms with Crippen LogP contribution in [-0.2, 0) is 0 Å². The number of quaternary nitrogens is 1. The molecule has 0 aliphatic heterocycles. The first kappa shape index (κ1) is 6.88. The molecule has 44 valence electrons. The maximum absolute atomic E-state index is 8.32. The third-order valence-corrected chi connectivity index (χ3v) is 1.06. The van der Waals surface area contributed by atoms with Crippen LogP contribution in [0.1, 0.15) is 6.92 Å². The van der Waals surface area contributed by atoms with E-state index >= 15 is 0 Å². The Bertz CT molecular complexity index is 47.7. The van der Waals surface area contributed by atoms with Crippen molar-refractivity contribution in [2.75, 3.05) is 20.6 Å². The van der Waals surface area contributed by atoms with Crippen LogP contribution in [0.4, 0.5) is 0 Å². The van der Waals surface area contributed by atoms with Crippen LogP contribution in [0.3, 0.4) is 0 Å². The fourth-order valence-corrected chi connectivity index (χ4v) is 0.0707. The first-order valence-electron chi connectivity index (χ1n) is 2.36. The molecule has 0 bridgehead atoms. The fraction of sp³-hybridized carbons (Fsp3) is 1.00. The highest BCUT2D eigenvalue weighted by molar-refractivity contribution is 4.04. The maximum atomic E-state index is 8.32. The van der Waals surface area contributed by atoms with E-state index in [2.05, 4.69) is 5.59 Å². The van der Waals surface area contributed by atoms with Crippen LogP contribution in [0, 0.1) is 0 Å². The smallest absolute Gasteiger partial charge is 0.0948 e. The molecule has 0 saturated heterocycles. The van der Waals surface area contributed by atoms with Crippen molar-refractivity contribution in [1.82, 2.24) is 5.59 Å². The van der Waals surface area contributed by atoms with Gasteiger partial charge in [-0.25, -0.2) is 4.59 Å². The SMILES string of the molecule is CC[N+](C)(C)NO. The zero-order chi connectivity index (χ0) is 5.91. The van der Waals surface area contributed by atoms with Crippen molar-refractivity contribution in [3.8, 4) is 0 Å². The van der Waals surface area contributed by atoms with Crippen molar-refractivity contribution in [3.05, 3.63) is 0 Å². The minimum atomic E-state index is 0.444. The molecule has 3 nitrogen and oxygen atoms in total. The van der Waals surface area contributed by atoms with Crippen LogP contribution in [0.2, 0.25) is 0 Å². The van der Waals surface area contributed by atoms with Crippen molar-refractivity contribution >= 4 is 0 Å². The van der Waals surface area contributed by atoms with E-state index in [4.69, 9.17) is 5.21 Å². The first-order chi connectivity index (χ1) is 3.12. The molecule has 0 heterocycles. The molecule has 0 aliphatic rings. The van der Waals surface area contributed by atoms with Gasteiger partial charge in [-0.1, -0.05) is 0 Å². The Kier molecular flexibility index (Phi) is 2.22. The van der Waals surface area contributed by atoms with Gasteiger partial charge in [0.05, 0.1) is 20.6 Å². The molecule has 0 atom stereocenters. The minimum Gasteiger partial charge on any atom is -0.272 e. The standard InChI is InChI=1S/C4H13N2O/c1-4-6(2,3)5-7/h5,7H,4H2,1-3H3/q+1. The number of nitrogens with one attached hydrogen (secondary N) is 1. The summed E-state index contributed by atoms with van der Waals surface area (Å²) in [5.74, 6) is 0. The Balaban J connectivity index is 3.36. The van der Waals surface area contributed by atoms with E-state index in [1.54, 1.807) is 0 Å². The second-order valence-corrected chi connectivity index (χ2v) is 2.10. The second kappa shape index (κ2) is 2.26. The summed E-state index contributed by atoms with van der Waals surface area (Å²) in [4.78, 5) is 0. The molecule has 2 N–H and O–H groups in total. The number of rotatable bonds is 2. The molecule has 7 heavy (non-hydrogen) atoms. The molecule has 0 aromatic rings. The molecule has 0 saturated carbocycles. The van der Waals surface area contributed by atoms with E-state index in [0.717, 1.165) is 6.54 Å². The predicted octanol–water partition coefficient (Wildman–Crippen LogP) is -0.0235. The number of hydrogen-bond donors (Lipinski definition) is 2. The van der Waals surface area contributed by atoms with Gasteiger partial charge in [0.15, 0.2) is 0 Å². The number of nitrogens with zero attached hydrogens (tertiary/aromatic N) is 1. The molecule has 0 rings (SSSR count). The van der Waals surface area contributed by atoms with Gasteiger partial charge in [-0.05, 0) is 12.5 Å². The molecule has 0 radical (unpaired) electrons. The van der Waals surface area contributed by atoms with E-state index in [1.807, 2.05) is 21.0 Å². The molecule has 3 heteroatoms. The third-order valence-electron chi connectivity index (χ3n) is 1.06. The molecule has 0 aliphatic carbocycles. The lowest BCUT2D eigenvalue weighted by Gasteiger charge is -2.22. The summed E-state index contributed by atoms with van der Waals surface area (Å²) in [6.45, 7) is 2.86. The molecule has 0 amide bonds. The van der Waals surface area contributed by atoms with Crippen molar-refractivity contribution in [1.29, 1.82) is 0 Å². The lowest BCUT2D eigenvalue weighted by Crippen LogP contribution is -2.49. The van der Waals surface area contributed by atoms with Crippen molar-refractivity contribution in [3.63, 3.8) is 0 Å². The van der Waals surface area contributed by atoms with Gasteiger partial charge in [-0.3, -0.25) is 5.21 Å². The molecule has 0 unspecified atom stereocenters. The van der Waals surface area contributed by atoms with Crippen molar-refractivity contribution < 1.29 is 9.80 Å². The average molecular weight is 105 g/mol. The zero-order valence-electron chi connectivity index (χ0n) is 5.10. The summed E-state index contributed by atoms with van der Waals surface area (Å²) in [6, 6.07) is 0. The van der Waals surface area contributed by atoms with E-state index in [1.165, 1.54) is 0 Å². The predicted molar refractivity (Wildman–Crippen MR) is 27.6 cm³/mol. The normalized spacial score (nSPS) is 12.0. The fourth-order valence-electron chi connectivity index (χ4n) is 0.0707. The van der Waals surface area contributed by atoms with Crippen molar-refractivity contribution in [2.24, 2.45) is 0 Å². The molecule has 0 spiro atoms. The second-order valence-electron chi connectivity index (χ2n) is 2.10. The molecule has 0 fully saturated rings. The zero-order valence-corrected chi connectivity index (χ0v) is 5.10. The van der Waals surface area contributed by atoms with Crippen LogP contribution in [0.25, 0.3) is 0 Å². The molecular weight excluding hydrogens is 92.1 g/mol. The van der Waals surface area contributed by atoms with Gasteiger partial charge in [0.2, 0.25) is 0 Å². The highest BCUT2D eigenvalue weighted by Crippen LogP contribution is 1.83. The van der Waals surface area contributed by atoms with Crippen LogP contribution in [-0.4, -0.2) is 30.4 Å². The summed E-state index contributed by atoms with van der Waals surface area (Å²) in [5.41, 5.74) is 2.13. The Morgan fingerprint density at radius 3 is 2.00 bits per heavy atom. The molecule has 0 aromatic carbocycles. The van der Waals surface area contributed by atoms with Gasteiger partial charge >= 0.3 is 0 Å². The minimum absolute atomic E-state index is 0.444. The lowest BCUT2D eigenvalue weighted by atomic mass is 10.6. The van der Waals surface area contributed by atoms with Crippen molar-refractivity contribution in [2.45, 2.75) is 6.92 Å². The van der Waals surface area contributed by atoms with E-state index in [0.29, 0.717) is 4.59 Å². The van der Waals surface area contributed by atoms with Gasteiger partial charge in [0.1, 0.15) is 0 Å². The van der Waals surface area contributed by atoms with Gasteiger partial charge in [0.25, 0.3) is 0 Å². The Hall–Kier alpha value is -0.120. The molecule has 0 aromatic heterocycles. The Labute approximate surface area is 44.1 Å². The highest BCUT2D eigenvalue weighted by Gasteiger charge is 2.06. The van der Waals surface area contributed by atoms with Gasteiger partial charge in [0, 0.05) is 0 Å². The topological polar surface area (TPSA) is 32.3 Å². The summed E-state index contributed by atoms with van der Waals surface area (Å²) in [5, 5.41) is 8.32. The lowest BCUT2D eigenvalue weighted by molar-refractivity contribution is -0.958. The third kappa shape index (κ3) is 2.56. The van der Waals surface area contributed by atoms with Crippen LogP contribution >= 0.6 is 0 Å². The van der Waals surface area contributed by atoms with Gasteiger partial charge in [-0.15, -0.1) is 0 Å². The van der Waals surface area contributed by atoms with Crippen LogP contribution in [0.15, 0.2) is 0 Å². The maximum Gasteiger partial charge on any atom is 0.0948 e. The molecular formula is C4H13N2O+. The van der Waals surface area contributed by atoms with E-state index < -0.39 is 0 Å². The highest BCUT2D eigenvalue weighted by atomic mass is 16.5. The van der Waals surface area contributed by atoms with Gasteiger partial charge in [-0.2, -0.15) is 0 Å². The quantitative estimate of drug-likeness (QED) is 0.382. The van der Waals surface area contributed by atoms with Crippen LogP contribution < -0.4 is 5.59 Å². The summed E-state index contributed by atoms with van der Waals surface area (Å²) >= 11 is 0. The number of hydrogen-bond acceptors (Lipinski definition) is 2. The Morgan fingerprint density at radius 2 is 2.00 bits per heavy atom. The van der Waals surface area contributed by atoms with E-state index in [9.17, 15) is 0 Å². The summed E-state index contributed by atoms with van der Waals surface area (Å²) < 4.78 is 0.444. The van der Waals surface area contributed by atoms with E-state index in [-0.39, 0.29) is 0 Å². The largest absolute Gasteiger partial charge is 0.272 e. The van der Waals surface area contributed by atoms with Crippen LogP contribution in [0.5, 0.6) is 0 Å². The average Bonchev–Trinajstić information content (AvgIpc) is 1.68.